The molecule has 0 aromatic heterocycles. The van der Waals surface area contributed by atoms with Crippen LogP contribution in [0.4, 0.5) is 4.39 Å². The molecule has 9 heteroatoms. The molecule has 1 aliphatic carbocycles. The van der Waals surface area contributed by atoms with Crippen molar-refractivity contribution in [3.63, 3.8) is 0 Å². The van der Waals surface area contributed by atoms with E-state index in [1.807, 2.05) is 12.1 Å². The van der Waals surface area contributed by atoms with Gasteiger partial charge in [-0.1, -0.05) is 18.2 Å². The zero-order valence-corrected chi connectivity index (χ0v) is 19.4. The number of hydrogen-bond acceptors (Lipinski definition) is 5. The molecule has 0 saturated heterocycles. The van der Waals surface area contributed by atoms with Crippen molar-refractivity contribution in [3.05, 3.63) is 65.0 Å². The van der Waals surface area contributed by atoms with Gasteiger partial charge in [-0.15, -0.1) is 0 Å². The van der Waals surface area contributed by atoms with Crippen molar-refractivity contribution in [2.75, 3.05) is 20.2 Å². The largest absolute Gasteiger partial charge is 0.494 e. The van der Waals surface area contributed by atoms with Crippen molar-refractivity contribution >= 4 is 17.7 Å². The first-order chi connectivity index (χ1) is 16.3. The maximum absolute atomic E-state index is 13.7. The number of rotatable bonds is 9. The van der Waals surface area contributed by atoms with Gasteiger partial charge in [0, 0.05) is 30.7 Å². The molecule has 2 aromatic carbocycles. The van der Waals surface area contributed by atoms with Gasteiger partial charge in [0.25, 0.3) is 5.91 Å². The summed E-state index contributed by atoms with van der Waals surface area (Å²) in [4.78, 5) is 34.0. The minimum Gasteiger partial charge on any atom is -0.494 e. The summed E-state index contributed by atoms with van der Waals surface area (Å²) in [7, 11) is 1.46. The van der Waals surface area contributed by atoms with Crippen LogP contribution in [0.1, 0.15) is 59.6 Å². The number of amides is 3. The van der Waals surface area contributed by atoms with Gasteiger partial charge in [-0.2, -0.15) is 0 Å². The van der Waals surface area contributed by atoms with Gasteiger partial charge in [0.2, 0.25) is 0 Å². The lowest BCUT2D eigenvalue weighted by atomic mass is 9.96. The van der Waals surface area contributed by atoms with Crippen LogP contribution in [-0.4, -0.2) is 44.0 Å². The number of halogens is 1. The summed E-state index contributed by atoms with van der Waals surface area (Å²) < 4.78 is 18.8. The third-order valence-electron chi connectivity index (χ3n) is 6.16. The second kappa shape index (κ2) is 11.6. The molecule has 1 fully saturated rings. The molecule has 1 aliphatic rings. The monoisotopic (exact) mass is 470 g/mol. The van der Waals surface area contributed by atoms with Crippen LogP contribution >= 0.6 is 0 Å². The van der Waals surface area contributed by atoms with E-state index in [1.165, 1.54) is 18.7 Å². The van der Waals surface area contributed by atoms with Crippen molar-refractivity contribution in [1.29, 1.82) is 0 Å². The number of methoxy groups -OCH3 is 1. The van der Waals surface area contributed by atoms with Crippen molar-refractivity contribution < 1.29 is 23.5 Å². The minimum absolute atomic E-state index is 0.0667. The van der Waals surface area contributed by atoms with Crippen LogP contribution < -0.4 is 26.4 Å². The highest BCUT2D eigenvalue weighted by Gasteiger charge is 2.27. The van der Waals surface area contributed by atoms with Gasteiger partial charge in [-0.05, 0) is 67.5 Å². The Balaban J connectivity index is 1.48. The lowest BCUT2D eigenvalue weighted by Gasteiger charge is -2.21. The second-order valence-electron chi connectivity index (χ2n) is 8.49. The van der Waals surface area contributed by atoms with Crippen molar-refractivity contribution in [2.45, 2.75) is 44.2 Å². The summed E-state index contributed by atoms with van der Waals surface area (Å²) in [5.74, 6) is -1.92. The van der Waals surface area contributed by atoms with E-state index in [0.717, 1.165) is 24.8 Å². The molecule has 0 radical (unpaired) electrons. The molecule has 0 aliphatic heterocycles. The van der Waals surface area contributed by atoms with E-state index in [9.17, 15) is 18.8 Å². The molecule has 2 aromatic rings. The Labute approximate surface area is 198 Å². The Hall–Kier alpha value is -3.46. The first kappa shape index (κ1) is 25.2. The lowest BCUT2D eigenvalue weighted by molar-refractivity contribution is -0.137. The van der Waals surface area contributed by atoms with Crippen LogP contribution in [0.15, 0.2) is 42.5 Å². The molecule has 34 heavy (non-hydrogen) atoms. The fourth-order valence-corrected chi connectivity index (χ4v) is 4.28. The smallest absolute Gasteiger partial charge is 0.309 e. The summed E-state index contributed by atoms with van der Waals surface area (Å²) in [6, 6.07) is 12.9. The Morgan fingerprint density at radius 1 is 1.09 bits per heavy atom. The van der Waals surface area contributed by atoms with Crippen LogP contribution in [0.25, 0.3) is 0 Å². The highest BCUT2D eigenvalue weighted by Crippen LogP contribution is 2.35. The second-order valence-corrected chi connectivity index (χ2v) is 8.49. The normalized spacial score (nSPS) is 18.2. The van der Waals surface area contributed by atoms with E-state index >= 15 is 0 Å². The van der Waals surface area contributed by atoms with Crippen LogP contribution in [-0.2, 0) is 9.59 Å². The van der Waals surface area contributed by atoms with Gasteiger partial charge in [-0.3, -0.25) is 14.4 Å². The number of benzene rings is 2. The molecule has 1 saturated carbocycles. The number of nitrogens with one attached hydrogen (secondary N) is 3. The Morgan fingerprint density at radius 2 is 1.79 bits per heavy atom. The fourth-order valence-electron chi connectivity index (χ4n) is 4.28. The van der Waals surface area contributed by atoms with E-state index in [2.05, 4.69) is 22.9 Å². The van der Waals surface area contributed by atoms with Gasteiger partial charge >= 0.3 is 11.8 Å². The lowest BCUT2D eigenvalue weighted by Crippen LogP contribution is -2.40. The van der Waals surface area contributed by atoms with E-state index in [1.54, 1.807) is 24.3 Å². The van der Waals surface area contributed by atoms with Gasteiger partial charge in [0.05, 0.1) is 7.11 Å². The number of hydrogen-bond donors (Lipinski definition) is 4. The van der Waals surface area contributed by atoms with Crippen LogP contribution in [0.2, 0.25) is 0 Å². The summed E-state index contributed by atoms with van der Waals surface area (Å²) >= 11 is 0. The molecule has 0 spiro atoms. The summed E-state index contributed by atoms with van der Waals surface area (Å²) in [6.07, 6.45) is 3.06. The molecule has 3 unspecified atom stereocenters. The van der Waals surface area contributed by atoms with Crippen LogP contribution in [0, 0.1) is 5.82 Å². The van der Waals surface area contributed by atoms with Gasteiger partial charge in [0.15, 0.2) is 11.6 Å². The third-order valence-corrected chi connectivity index (χ3v) is 6.16. The number of ether oxygens (including phenoxy) is 1. The zero-order valence-electron chi connectivity index (χ0n) is 19.4. The van der Waals surface area contributed by atoms with E-state index in [-0.39, 0.29) is 36.6 Å². The van der Waals surface area contributed by atoms with Crippen molar-refractivity contribution in [3.8, 4) is 5.75 Å². The minimum atomic E-state index is -1.06. The standard InChI is InChI=1S/C25H31FN4O4/c1-15(18-8-10-21(26)22(14-18)34-2)30-20-9-7-19(13-20)16-3-5-17(6-4-16)24(32)28-11-12-29-25(33)23(27)31/h3-6,8,10,14-15,19-20,30H,7,9,11-13H2,1-2H3,(H2,27,31)(H,28,32)(H,29,33). The molecular weight excluding hydrogens is 439 g/mol. The average molecular weight is 471 g/mol. The van der Waals surface area contributed by atoms with E-state index in [4.69, 9.17) is 10.5 Å². The molecule has 3 rings (SSSR count). The van der Waals surface area contributed by atoms with Gasteiger partial charge < -0.3 is 26.4 Å². The quantitative estimate of drug-likeness (QED) is 0.330. The average Bonchev–Trinajstić information content (AvgIpc) is 3.30. The molecular formula is C25H31FN4O4. The fraction of sp³-hybridized carbons (Fsp3) is 0.400. The number of primary amides is 1. The Morgan fingerprint density at radius 3 is 2.47 bits per heavy atom. The summed E-state index contributed by atoms with van der Waals surface area (Å²) in [5, 5.41) is 8.64. The molecule has 8 nitrogen and oxygen atoms in total. The molecule has 0 bridgehead atoms. The van der Waals surface area contributed by atoms with Gasteiger partial charge in [0.1, 0.15) is 0 Å². The number of carbonyl (C=O) groups excluding carboxylic acids is 3. The molecule has 5 N–H and O–H groups in total. The van der Waals surface area contributed by atoms with E-state index in [0.29, 0.717) is 17.5 Å². The molecule has 182 valence electrons. The van der Waals surface area contributed by atoms with Crippen molar-refractivity contribution in [2.24, 2.45) is 5.73 Å². The number of nitrogens with two attached hydrogens (primary N) is 1. The zero-order chi connectivity index (χ0) is 24.7. The topological polar surface area (TPSA) is 123 Å². The molecule has 3 atom stereocenters. The first-order valence-electron chi connectivity index (χ1n) is 11.3. The predicted molar refractivity (Wildman–Crippen MR) is 126 cm³/mol. The maximum atomic E-state index is 13.7. The highest BCUT2D eigenvalue weighted by atomic mass is 19.1. The van der Waals surface area contributed by atoms with E-state index < -0.39 is 11.8 Å². The maximum Gasteiger partial charge on any atom is 0.309 e. The predicted octanol–water partition coefficient (Wildman–Crippen LogP) is 2.15. The SMILES string of the molecule is COc1cc(C(C)NC2CCC(c3ccc(C(=O)NCCNC(=O)C(N)=O)cc3)C2)ccc1F. The molecule has 0 heterocycles. The van der Waals surface area contributed by atoms with Crippen LogP contribution in [0.3, 0.4) is 0 Å². The summed E-state index contributed by atoms with van der Waals surface area (Å²) in [5.41, 5.74) is 7.54. The van der Waals surface area contributed by atoms with Crippen molar-refractivity contribution in [1.82, 2.24) is 16.0 Å². The first-order valence-corrected chi connectivity index (χ1v) is 11.3. The Kier molecular flexibility index (Phi) is 8.59. The highest BCUT2D eigenvalue weighted by molar-refractivity contribution is 6.34. The Bertz CT molecular complexity index is 1030. The molecule has 3 amide bonds. The van der Waals surface area contributed by atoms with Crippen LogP contribution in [0.5, 0.6) is 5.75 Å². The summed E-state index contributed by atoms with van der Waals surface area (Å²) in [6.45, 7) is 2.37. The third kappa shape index (κ3) is 6.54. The van der Waals surface area contributed by atoms with Gasteiger partial charge in [-0.25, -0.2) is 4.39 Å². The number of carbonyl (C=O) groups is 3.